The average molecular weight is 445 g/mol. The van der Waals surface area contributed by atoms with Crippen molar-refractivity contribution in [3.8, 4) is 11.4 Å². The van der Waals surface area contributed by atoms with E-state index >= 15 is 0 Å². The van der Waals surface area contributed by atoms with Gasteiger partial charge in [-0.25, -0.2) is 14.2 Å². The molecule has 0 radical (unpaired) electrons. The van der Waals surface area contributed by atoms with E-state index in [9.17, 15) is 14.4 Å². The highest BCUT2D eigenvalue weighted by atomic mass is 35.5. The highest BCUT2D eigenvalue weighted by molar-refractivity contribution is 6.31. The Bertz CT molecular complexity index is 1240. The van der Waals surface area contributed by atoms with E-state index in [0.29, 0.717) is 23.1 Å². The van der Waals surface area contributed by atoms with Crippen LogP contribution in [0.5, 0.6) is 5.75 Å². The Hall–Kier alpha value is -3.06. The molecule has 31 heavy (non-hydrogen) atoms. The smallest absolute Gasteiger partial charge is 0.336 e. The largest absolute Gasteiger partial charge is 0.494 e. The number of halogens is 1. The third-order valence-corrected chi connectivity index (χ3v) is 4.83. The van der Waals surface area contributed by atoms with Gasteiger partial charge in [-0.15, -0.1) is 0 Å². The van der Waals surface area contributed by atoms with Gasteiger partial charge in [0.15, 0.2) is 0 Å². The van der Waals surface area contributed by atoms with Gasteiger partial charge in [0.05, 0.1) is 23.2 Å². The Kier molecular flexibility index (Phi) is 6.27. The maximum absolute atomic E-state index is 13.5. The summed E-state index contributed by atoms with van der Waals surface area (Å²) in [7, 11) is 0. The van der Waals surface area contributed by atoms with Crippen LogP contribution in [0.3, 0.4) is 0 Å². The van der Waals surface area contributed by atoms with Gasteiger partial charge in [0, 0.05) is 5.02 Å². The molecule has 0 saturated heterocycles. The molecule has 164 valence electrons. The van der Waals surface area contributed by atoms with Crippen molar-refractivity contribution in [2.45, 2.75) is 46.3 Å². The predicted molar refractivity (Wildman–Crippen MR) is 121 cm³/mol. The normalized spacial score (nSPS) is 12.6. The molecule has 0 aliphatic rings. The van der Waals surface area contributed by atoms with E-state index in [1.807, 2.05) is 6.92 Å². The van der Waals surface area contributed by atoms with Crippen molar-refractivity contribution in [2.24, 2.45) is 0 Å². The number of ether oxygens (including phenoxy) is 2. The number of hydrogen-bond donors (Lipinski definition) is 0. The highest BCUT2D eigenvalue weighted by Crippen LogP contribution is 2.22. The van der Waals surface area contributed by atoms with Gasteiger partial charge in [-0.1, -0.05) is 11.6 Å². The number of nitrogens with zero attached hydrogens (tertiary/aromatic N) is 2. The van der Waals surface area contributed by atoms with E-state index in [1.165, 1.54) is 10.6 Å². The number of carbonyl (C=O) groups excluding carboxylic acids is 1. The molecule has 0 aliphatic carbocycles. The van der Waals surface area contributed by atoms with Crippen LogP contribution < -0.4 is 16.0 Å². The lowest BCUT2D eigenvalue weighted by Gasteiger charge is -2.24. The molecule has 0 saturated carbocycles. The number of rotatable bonds is 5. The monoisotopic (exact) mass is 444 g/mol. The van der Waals surface area contributed by atoms with E-state index in [1.54, 1.807) is 64.1 Å². The minimum atomic E-state index is -0.984. The molecule has 7 nitrogen and oxygen atoms in total. The van der Waals surface area contributed by atoms with Crippen molar-refractivity contribution in [3.05, 3.63) is 68.3 Å². The first kappa shape index (κ1) is 22.6. The first-order valence-corrected chi connectivity index (χ1v) is 10.3. The van der Waals surface area contributed by atoms with E-state index in [2.05, 4.69) is 0 Å². The van der Waals surface area contributed by atoms with Crippen LogP contribution in [0.15, 0.2) is 52.1 Å². The van der Waals surface area contributed by atoms with Crippen LogP contribution in [0.2, 0.25) is 5.02 Å². The summed E-state index contributed by atoms with van der Waals surface area (Å²) in [5, 5.41) is 0.601. The van der Waals surface area contributed by atoms with Crippen molar-refractivity contribution in [1.29, 1.82) is 0 Å². The summed E-state index contributed by atoms with van der Waals surface area (Å²) >= 11 is 6.14. The Morgan fingerprint density at radius 2 is 1.74 bits per heavy atom. The molecule has 0 N–H and O–H groups in total. The minimum Gasteiger partial charge on any atom is -0.494 e. The van der Waals surface area contributed by atoms with E-state index in [-0.39, 0.29) is 10.9 Å². The lowest BCUT2D eigenvalue weighted by Crippen LogP contribution is -2.42. The van der Waals surface area contributed by atoms with Crippen molar-refractivity contribution < 1.29 is 14.3 Å². The molecule has 2 aromatic carbocycles. The van der Waals surface area contributed by atoms with Crippen LogP contribution in [-0.4, -0.2) is 27.3 Å². The molecular formula is C23H25ClN2O5. The van der Waals surface area contributed by atoms with Crippen LogP contribution >= 0.6 is 11.6 Å². The van der Waals surface area contributed by atoms with Gasteiger partial charge in [-0.05, 0) is 77.1 Å². The fourth-order valence-electron chi connectivity index (χ4n) is 3.26. The van der Waals surface area contributed by atoms with Crippen LogP contribution in [-0.2, 0) is 9.53 Å². The van der Waals surface area contributed by atoms with Gasteiger partial charge in [0.25, 0.3) is 5.56 Å². The third kappa shape index (κ3) is 4.66. The fraction of sp³-hybridized carbons (Fsp3) is 0.348. The van der Waals surface area contributed by atoms with Gasteiger partial charge in [-0.3, -0.25) is 9.36 Å². The molecule has 3 aromatic rings. The molecule has 1 unspecified atom stereocenters. The molecule has 0 spiro atoms. The summed E-state index contributed by atoms with van der Waals surface area (Å²) < 4.78 is 13.2. The number of esters is 1. The predicted octanol–water partition coefficient (Wildman–Crippen LogP) is 4.11. The third-order valence-electron chi connectivity index (χ3n) is 4.59. The van der Waals surface area contributed by atoms with Crippen molar-refractivity contribution in [2.75, 3.05) is 6.61 Å². The number of hydrogen-bond acceptors (Lipinski definition) is 5. The maximum Gasteiger partial charge on any atom is 0.336 e. The first-order valence-electron chi connectivity index (χ1n) is 9.96. The molecular weight excluding hydrogens is 420 g/mol. The van der Waals surface area contributed by atoms with Crippen molar-refractivity contribution >= 4 is 28.5 Å². The SMILES string of the molecule is CCOc1ccc(-n2c(=O)c3ccc(Cl)cc3n(C(C)C(=O)OC(C)(C)C)c2=O)cc1. The number of fused-ring (bicyclic) bond motifs is 1. The molecule has 0 amide bonds. The summed E-state index contributed by atoms with van der Waals surface area (Å²) in [6.07, 6.45) is 0. The first-order chi connectivity index (χ1) is 14.5. The zero-order valence-electron chi connectivity index (χ0n) is 18.1. The molecule has 8 heteroatoms. The van der Waals surface area contributed by atoms with Crippen LogP contribution in [0.4, 0.5) is 0 Å². The molecule has 0 fully saturated rings. The summed E-state index contributed by atoms with van der Waals surface area (Å²) in [5.41, 5.74) is -1.27. The van der Waals surface area contributed by atoms with Crippen molar-refractivity contribution in [3.63, 3.8) is 0 Å². The summed E-state index contributed by atoms with van der Waals surface area (Å²) in [6, 6.07) is 10.2. The molecule has 1 aromatic heterocycles. The quantitative estimate of drug-likeness (QED) is 0.553. The minimum absolute atomic E-state index is 0.258. The van der Waals surface area contributed by atoms with Crippen LogP contribution in [0.25, 0.3) is 16.6 Å². The molecule has 1 atom stereocenters. The van der Waals surface area contributed by atoms with Gasteiger partial charge >= 0.3 is 11.7 Å². The van der Waals surface area contributed by atoms with Gasteiger partial charge in [0.1, 0.15) is 17.4 Å². The zero-order chi connectivity index (χ0) is 22.9. The lowest BCUT2D eigenvalue weighted by atomic mass is 10.2. The Morgan fingerprint density at radius 1 is 1.10 bits per heavy atom. The van der Waals surface area contributed by atoms with E-state index in [0.717, 1.165) is 4.57 Å². The van der Waals surface area contributed by atoms with E-state index < -0.39 is 28.9 Å². The lowest BCUT2D eigenvalue weighted by molar-refractivity contribution is -0.158. The second-order valence-electron chi connectivity index (χ2n) is 8.09. The molecule has 0 bridgehead atoms. The average Bonchev–Trinajstić information content (AvgIpc) is 2.68. The second kappa shape index (κ2) is 8.59. The molecule has 3 rings (SSSR count). The molecule has 1 heterocycles. The topological polar surface area (TPSA) is 79.5 Å². The maximum atomic E-state index is 13.5. The summed E-state index contributed by atoms with van der Waals surface area (Å²) in [4.78, 5) is 39.5. The fourth-order valence-corrected chi connectivity index (χ4v) is 3.42. The van der Waals surface area contributed by atoms with Gasteiger partial charge in [-0.2, -0.15) is 0 Å². The van der Waals surface area contributed by atoms with Gasteiger partial charge < -0.3 is 9.47 Å². The van der Waals surface area contributed by atoms with Crippen LogP contribution in [0.1, 0.15) is 40.7 Å². The van der Waals surface area contributed by atoms with Crippen molar-refractivity contribution in [1.82, 2.24) is 9.13 Å². The zero-order valence-corrected chi connectivity index (χ0v) is 18.9. The van der Waals surface area contributed by atoms with Gasteiger partial charge in [0.2, 0.25) is 0 Å². The second-order valence-corrected chi connectivity index (χ2v) is 8.53. The Morgan fingerprint density at radius 3 is 2.32 bits per heavy atom. The Labute approximate surface area is 184 Å². The highest BCUT2D eigenvalue weighted by Gasteiger charge is 2.27. The van der Waals surface area contributed by atoms with E-state index in [4.69, 9.17) is 21.1 Å². The number of aromatic nitrogens is 2. The Balaban J connectivity index is 2.28. The molecule has 0 aliphatic heterocycles. The number of benzene rings is 2. The number of carbonyl (C=O) groups is 1. The standard InChI is InChI=1S/C23H25ClN2O5/c1-6-30-17-10-8-16(9-11-17)26-20(27)18-12-7-15(24)13-19(18)25(22(26)29)14(2)21(28)31-23(3,4)5/h7-14H,6H2,1-5H3. The summed E-state index contributed by atoms with van der Waals surface area (Å²) in [5.74, 6) is 0.0297. The summed E-state index contributed by atoms with van der Waals surface area (Å²) in [6.45, 7) is 9.16. The van der Waals surface area contributed by atoms with Crippen LogP contribution in [0, 0.1) is 0 Å².